The lowest BCUT2D eigenvalue weighted by Crippen LogP contribution is -2.22. The van der Waals surface area contributed by atoms with E-state index in [0.717, 1.165) is 46.4 Å². The molecule has 3 atom stereocenters. The molecule has 2 aliphatic heterocycles. The number of H-pyrrole nitrogens is 1. The van der Waals surface area contributed by atoms with E-state index < -0.39 is 29.1 Å². The molecule has 11 heteroatoms. The van der Waals surface area contributed by atoms with Gasteiger partial charge in [0.15, 0.2) is 23.2 Å². The number of ether oxygens (including phenoxy) is 1. The topological polar surface area (TPSA) is 115 Å². The second kappa shape index (κ2) is 12.3. The van der Waals surface area contributed by atoms with Crippen molar-refractivity contribution in [3.05, 3.63) is 94.9 Å². The highest BCUT2D eigenvalue weighted by atomic mass is 32.2. The molecule has 0 radical (unpaired) electrons. The summed E-state index contributed by atoms with van der Waals surface area (Å²) >= 11 is 1.84. The number of carboxylic acid groups (broad SMARTS) is 1. The van der Waals surface area contributed by atoms with Crippen molar-refractivity contribution in [2.75, 3.05) is 11.5 Å². The van der Waals surface area contributed by atoms with Gasteiger partial charge in [-0.3, -0.25) is 10.1 Å². The van der Waals surface area contributed by atoms with Crippen molar-refractivity contribution in [3.63, 3.8) is 0 Å². The van der Waals surface area contributed by atoms with Gasteiger partial charge in [-0.2, -0.15) is 16.9 Å². The Morgan fingerprint density at radius 1 is 1.17 bits per heavy atom. The summed E-state index contributed by atoms with van der Waals surface area (Å²) < 4.78 is 39.0. The lowest BCUT2D eigenvalue weighted by Gasteiger charge is -2.25. The molecule has 2 aromatic heterocycles. The number of hydrogen-bond donors (Lipinski definition) is 3. The number of aliphatic carboxylic acids is 1. The molecule has 48 heavy (non-hydrogen) atoms. The van der Waals surface area contributed by atoms with Crippen molar-refractivity contribution in [1.82, 2.24) is 25.1 Å². The van der Waals surface area contributed by atoms with Gasteiger partial charge < -0.3 is 14.8 Å². The highest BCUT2D eigenvalue weighted by Crippen LogP contribution is 2.47. The van der Waals surface area contributed by atoms with Crippen LogP contribution < -0.4 is 10.1 Å². The normalized spacial score (nSPS) is 21.3. The zero-order valence-corrected chi connectivity index (χ0v) is 28.3. The maximum Gasteiger partial charge on any atom is 0.306 e. The van der Waals surface area contributed by atoms with E-state index >= 15 is 8.78 Å². The van der Waals surface area contributed by atoms with Gasteiger partial charge in [-0.15, -0.1) is 0 Å². The van der Waals surface area contributed by atoms with E-state index in [2.05, 4.69) is 24.1 Å². The fourth-order valence-electron chi connectivity index (χ4n) is 6.90. The molecule has 4 bridgehead atoms. The molecule has 8 nitrogen and oxygen atoms in total. The van der Waals surface area contributed by atoms with Crippen LogP contribution in [0.15, 0.2) is 60.8 Å². The van der Waals surface area contributed by atoms with Gasteiger partial charge in [0.05, 0.1) is 11.5 Å². The van der Waals surface area contributed by atoms with E-state index in [1.54, 1.807) is 30.9 Å². The van der Waals surface area contributed by atoms with Crippen LogP contribution in [0.2, 0.25) is 0 Å². The fourth-order valence-corrected chi connectivity index (χ4v) is 8.09. The maximum absolute atomic E-state index is 15.6. The molecule has 0 amide bonds. The first kappa shape index (κ1) is 32.3. The third kappa shape index (κ3) is 5.98. The first-order valence-electron chi connectivity index (χ1n) is 16.3. The monoisotopic (exact) mass is 671 g/mol. The van der Waals surface area contributed by atoms with E-state index in [4.69, 9.17) is 14.8 Å². The number of carbonyl (C=O) groups is 1. The van der Waals surface area contributed by atoms with Crippen LogP contribution in [0.25, 0.3) is 22.3 Å². The number of nitrogens with one attached hydrogen (secondary N) is 2. The Hall–Kier alpha value is -4.22. The molecule has 1 saturated heterocycles. The number of aryl methyl sites for hydroxylation is 2. The summed E-state index contributed by atoms with van der Waals surface area (Å²) in [5.74, 6) is 0.597. The minimum atomic E-state index is -0.842. The van der Waals surface area contributed by atoms with Crippen LogP contribution in [0.4, 0.5) is 8.78 Å². The third-order valence-electron chi connectivity index (χ3n) is 9.67. The highest BCUT2D eigenvalue weighted by Gasteiger charge is 2.59. The molecule has 7 rings (SSSR count). The Labute approximate surface area is 282 Å². The van der Waals surface area contributed by atoms with Gasteiger partial charge in [-0.25, -0.2) is 18.4 Å². The molecule has 1 fully saturated rings. The fraction of sp³-hybridized carbons (Fsp3) is 0.378. The van der Waals surface area contributed by atoms with E-state index in [9.17, 15) is 9.90 Å². The maximum atomic E-state index is 15.6. The standard InChI is InChI=1S/C37H39F2N5O3S/c1-21(34(45)46)16-22-6-5-7-23(17-22)37-31(42-37)10-13-36(2,3)20-48-15-12-26-25-11-14-40-30(25)19-29(39)32(26)47-24-8-9-28(38)27(18-24)33-41-35(37)43-44(33)4/h5-9,11,14,17-19,21,31,40,42H,10,12-13,15-16,20H2,1-4H3,(H,45,46). The number of hydrogen-bond acceptors (Lipinski definition) is 6. The summed E-state index contributed by atoms with van der Waals surface area (Å²) in [6.07, 6.45) is 4.58. The summed E-state index contributed by atoms with van der Waals surface area (Å²) in [6, 6.07) is 15.7. The van der Waals surface area contributed by atoms with Crippen LogP contribution >= 0.6 is 11.8 Å². The molecule has 250 valence electrons. The predicted molar refractivity (Wildman–Crippen MR) is 183 cm³/mol. The van der Waals surface area contributed by atoms with Crippen LogP contribution in [0.1, 0.15) is 56.1 Å². The molecule has 4 heterocycles. The number of fused-ring (bicyclic) bond motifs is 10. The van der Waals surface area contributed by atoms with Crippen molar-refractivity contribution in [2.24, 2.45) is 18.4 Å². The lowest BCUT2D eigenvalue weighted by molar-refractivity contribution is -0.141. The summed E-state index contributed by atoms with van der Waals surface area (Å²) in [7, 11) is 1.73. The van der Waals surface area contributed by atoms with E-state index in [0.29, 0.717) is 35.8 Å². The van der Waals surface area contributed by atoms with Gasteiger partial charge in [0.1, 0.15) is 17.1 Å². The zero-order valence-electron chi connectivity index (χ0n) is 27.4. The smallest absolute Gasteiger partial charge is 0.306 e. The van der Waals surface area contributed by atoms with Crippen molar-refractivity contribution >= 4 is 28.6 Å². The van der Waals surface area contributed by atoms with Gasteiger partial charge in [0, 0.05) is 41.8 Å². The second-order valence-corrected chi connectivity index (χ2v) is 15.0. The minimum absolute atomic E-state index is 0.0127. The molecule has 2 aliphatic rings. The average molecular weight is 672 g/mol. The number of aromatic nitrogens is 4. The number of carboxylic acids is 1. The molecule has 3 unspecified atom stereocenters. The molecule has 0 saturated carbocycles. The van der Waals surface area contributed by atoms with Crippen molar-refractivity contribution in [2.45, 2.75) is 58.0 Å². The van der Waals surface area contributed by atoms with Crippen LogP contribution in [0.3, 0.4) is 0 Å². The van der Waals surface area contributed by atoms with Gasteiger partial charge >= 0.3 is 5.97 Å². The Kier molecular flexibility index (Phi) is 8.31. The molecule has 0 spiro atoms. The minimum Gasteiger partial charge on any atom is -0.481 e. The number of aromatic amines is 1. The van der Waals surface area contributed by atoms with E-state index in [-0.39, 0.29) is 22.8 Å². The molecule has 3 aromatic carbocycles. The molecular weight excluding hydrogens is 633 g/mol. The highest BCUT2D eigenvalue weighted by molar-refractivity contribution is 7.99. The quantitative estimate of drug-likeness (QED) is 0.169. The molecule has 0 aliphatic carbocycles. The predicted octanol–water partition coefficient (Wildman–Crippen LogP) is 7.61. The Bertz CT molecular complexity index is 2020. The average Bonchev–Trinajstić information content (AvgIpc) is 3.37. The number of halogens is 2. The van der Waals surface area contributed by atoms with Gasteiger partial charge in [0.25, 0.3) is 0 Å². The summed E-state index contributed by atoms with van der Waals surface area (Å²) in [5, 5.41) is 19.0. The molecular formula is C37H39F2N5O3S. The number of rotatable bonds is 4. The summed E-state index contributed by atoms with van der Waals surface area (Å²) in [6.45, 7) is 6.24. The molecule has 3 N–H and O–H groups in total. The van der Waals surface area contributed by atoms with Crippen molar-refractivity contribution in [3.8, 4) is 22.9 Å². The third-order valence-corrected chi connectivity index (χ3v) is 11.1. The number of thioether (sulfide) groups is 1. The Morgan fingerprint density at radius 3 is 2.81 bits per heavy atom. The van der Waals surface area contributed by atoms with Crippen LogP contribution in [0.5, 0.6) is 11.5 Å². The van der Waals surface area contributed by atoms with Crippen molar-refractivity contribution in [1.29, 1.82) is 0 Å². The van der Waals surface area contributed by atoms with Gasteiger partial charge in [-0.05, 0) is 78.0 Å². The van der Waals surface area contributed by atoms with Crippen LogP contribution in [-0.2, 0) is 30.2 Å². The Balaban J connectivity index is 1.33. The first-order valence-corrected chi connectivity index (χ1v) is 17.5. The largest absolute Gasteiger partial charge is 0.481 e. The number of nitrogens with zero attached hydrogens (tertiary/aromatic N) is 3. The van der Waals surface area contributed by atoms with Crippen LogP contribution in [0, 0.1) is 23.0 Å². The second-order valence-electron chi connectivity index (χ2n) is 13.9. The number of benzene rings is 3. The van der Waals surface area contributed by atoms with E-state index in [1.807, 2.05) is 42.1 Å². The van der Waals surface area contributed by atoms with Gasteiger partial charge in [0.2, 0.25) is 0 Å². The zero-order chi connectivity index (χ0) is 33.8. The molecule has 5 aromatic rings. The summed E-state index contributed by atoms with van der Waals surface area (Å²) in [5.41, 5.74) is 2.82. The summed E-state index contributed by atoms with van der Waals surface area (Å²) in [4.78, 5) is 19.7. The SMILES string of the molecule is CC(Cc1cccc(C23NC2CCC(C)(C)CSCCc2c(c(F)cc4[nH]ccc24)Oc2ccc(F)c(c2)-c2nc3nn2C)c1)C(=O)O. The van der Waals surface area contributed by atoms with Gasteiger partial charge in [-0.1, -0.05) is 45.0 Å². The Morgan fingerprint density at radius 2 is 2.00 bits per heavy atom. The van der Waals surface area contributed by atoms with Crippen LogP contribution in [-0.4, -0.2) is 48.4 Å². The van der Waals surface area contributed by atoms with E-state index in [1.165, 1.54) is 18.2 Å². The lowest BCUT2D eigenvalue weighted by atomic mass is 9.85. The van der Waals surface area contributed by atoms with Crippen molar-refractivity contribution < 1.29 is 23.4 Å². The first-order chi connectivity index (χ1) is 22.9.